The lowest BCUT2D eigenvalue weighted by Gasteiger charge is -2.12. The summed E-state index contributed by atoms with van der Waals surface area (Å²) in [5, 5.41) is 2.84. The van der Waals surface area contributed by atoms with Crippen molar-refractivity contribution in [3.05, 3.63) is 83.4 Å². The van der Waals surface area contributed by atoms with Crippen molar-refractivity contribution in [2.45, 2.75) is 23.6 Å². The zero-order chi connectivity index (χ0) is 21.0. The molecule has 150 valence electrons. The van der Waals surface area contributed by atoms with Gasteiger partial charge in [0.2, 0.25) is 0 Å². The zero-order valence-electron chi connectivity index (χ0n) is 16.4. The Kier molecular flexibility index (Phi) is 6.30. The molecule has 0 fully saturated rings. The molecule has 0 spiro atoms. The Morgan fingerprint density at radius 3 is 2.38 bits per heavy atom. The number of benzene rings is 3. The first-order valence-corrected chi connectivity index (χ1v) is 11.6. The maximum atomic E-state index is 12.8. The SMILES string of the molecule is CSc1cccc(NC(=O)c2cccc(NS(=O)(=O)c3cc(C)ccc3C)c2)c1. The average Bonchev–Trinajstić information content (AvgIpc) is 2.69. The lowest BCUT2D eigenvalue weighted by Crippen LogP contribution is -2.16. The molecule has 3 rings (SSSR count). The molecule has 3 aromatic rings. The van der Waals surface area contributed by atoms with Crippen LogP contribution in [-0.2, 0) is 10.0 Å². The number of anilines is 2. The monoisotopic (exact) mass is 426 g/mol. The minimum absolute atomic E-state index is 0.223. The van der Waals surface area contributed by atoms with Gasteiger partial charge in [0, 0.05) is 21.8 Å². The molecular weight excluding hydrogens is 404 g/mol. The Morgan fingerprint density at radius 1 is 0.897 bits per heavy atom. The number of carbonyl (C=O) groups is 1. The van der Waals surface area contributed by atoms with Crippen LogP contribution in [0.1, 0.15) is 21.5 Å². The largest absolute Gasteiger partial charge is 0.322 e. The molecule has 0 aliphatic heterocycles. The van der Waals surface area contributed by atoms with E-state index in [4.69, 9.17) is 0 Å². The van der Waals surface area contributed by atoms with Gasteiger partial charge in [0.05, 0.1) is 4.90 Å². The number of thioether (sulfide) groups is 1. The van der Waals surface area contributed by atoms with Crippen LogP contribution in [0.15, 0.2) is 76.5 Å². The number of hydrogen-bond donors (Lipinski definition) is 2. The van der Waals surface area contributed by atoms with E-state index in [9.17, 15) is 13.2 Å². The quantitative estimate of drug-likeness (QED) is 0.539. The fraction of sp³-hybridized carbons (Fsp3) is 0.136. The molecule has 0 bridgehead atoms. The third kappa shape index (κ3) is 5.19. The zero-order valence-corrected chi connectivity index (χ0v) is 18.0. The second-order valence-corrected chi connectivity index (χ2v) is 9.17. The van der Waals surface area contributed by atoms with Crippen LogP contribution in [0, 0.1) is 13.8 Å². The van der Waals surface area contributed by atoms with Gasteiger partial charge in [0.15, 0.2) is 0 Å². The van der Waals surface area contributed by atoms with Crippen LogP contribution in [0.2, 0.25) is 0 Å². The lowest BCUT2D eigenvalue weighted by atomic mass is 10.2. The maximum absolute atomic E-state index is 12.8. The molecule has 0 unspecified atom stereocenters. The van der Waals surface area contributed by atoms with Crippen molar-refractivity contribution in [2.75, 3.05) is 16.3 Å². The van der Waals surface area contributed by atoms with Gasteiger partial charge in [0.1, 0.15) is 0 Å². The van der Waals surface area contributed by atoms with Crippen LogP contribution in [0.3, 0.4) is 0 Å². The fourth-order valence-electron chi connectivity index (χ4n) is 2.83. The molecule has 2 N–H and O–H groups in total. The number of aryl methyl sites for hydroxylation is 2. The summed E-state index contributed by atoms with van der Waals surface area (Å²) in [5.74, 6) is -0.309. The van der Waals surface area contributed by atoms with E-state index in [0.717, 1.165) is 10.5 Å². The van der Waals surface area contributed by atoms with Crippen LogP contribution < -0.4 is 10.0 Å². The van der Waals surface area contributed by atoms with Gasteiger partial charge in [0.25, 0.3) is 15.9 Å². The van der Waals surface area contributed by atoms with Gasteiger partial charge in [-0.2, -0.15) is 0 Å². The summed E-state index contributed by atoms with van der Waals surface area (Å²) in [6.45, 7) is 3.59. The maximum Gasteiger partial charge on any atom is 0.262 e. The van der Waals surface area contributed by atoms with Crippen molar-refractivity contribution in [1.82, 2.24) is 0 Å². The molecule has 29 heavy (non-hydrogen) atoms. The molecule has 7 heteroatoms. The van der Waals surface area contributed by atoms with Gasteiger partial charge in [-0.05, 0) is 73.7 Å². The van der Waals surface area contributed by atoms with E-state index in [0.29, 0.717) is 22.5 Å². The number of rotatable bonds is 6. The summed E-state index contributed by atoms with van der Waals surface area (Å²) in [6, 6.07) is 19.2. The molecule has 0 radical (unpaired) electrons. The second-order valence-electron chi connectivity index (χ2n) is 6.64. The van der Waals surface area contributed by atoms with E-state index in [1.54, 1.807) is 49.0 Å². The first-order chi connectivity index (χ1) is 13.8. The highest BCUT2D eigenvalue weighted by molar-refractivity contribution is 7.98. The van der Waals surface area contributed by atoms with Crippen molar-refractivity contribution < 1.29 is 13.2 Å². The molecule has 3 aromatic carbocycles. The Bertz CT molecular complexity index is 1160. The summed E-state index contributed by atoms with van der Waals surface area (Å²) >= 11 is 1.59. The normalized spacial score (nSPS) is 11.1. The Labute approximate surface area is 175 Å². The second kappa shape index (κ2) is 8.71. The summed E-state index contributed by atoms with van der Waals surface area (Å²) in [6.07, 6.45) is 1.96. The molecule has 1 amide bonds. The van der Waals surface area contributed by atoms with E-state index in [-0.39, 0.29) is 10.8 Å². The number of nitrogens with one attached hydrogen (secondary N) is 2. The molecular formula is C22H22N2O3S2. The van der Waals surface area contributed by atoms with Crippen LogP contribution in [0.5, 0.6) is 0 Å². The van der Waals surface area contributed by atoms with Crippen LogP contribution in [0.25, 0.3) is 0 Å². The third-order valence-corrected chi connectivity index (χ3v) is 6.59. The molecule has 0 aromatic heterocycles. The molecule has 0 atom stereocenters. The van der Waals surface area contributed by atoms with E-state index in [1.807, 2.05) is 43.5 Å². The van der Waals surface area contributed by atoms with Gasteiger partial charge in [-0.25, -0.2) is 8.42 Å². The van der Waals surface area contributed by atoms with Crippen molar-refractivity contribution >= 4 is 39.1 Å². The highest BCUT2D eigenvalue weighted by Gasteiger charge is 2.18. The molecule has 0 aliphatic carbocycles. The van der Waals surface area contributed by atoms with Gasteiger partial charge < -0.3 is 5.32 Å². The topological polar surface area (TPSA) is 75.3 Å². The van der Waals surface area contributed by atoms with Crippen molar-refractivity contribution in [1.29, 1.82) is 0 Å². The van der Waals surface area contributed by atoms with Crippen LogP contribution in [-0.4, -0.2) is 20.6 Å². The van der Waals surface area contributed by atoms with Crippen molar-refractivity contribution in [3.8, 4) is 0 Å². The fourth-order valence-corrected chi connectivity index (χ4v) is 4.67. The van der Waals surface area contributed by atoms with Gasteiger partial charge >= 0.3 is 0 Å². The highest BCUT2D eigenvalue weighted by Crippen LogP contribution is 2.23. The standard InChI is InChI=1S/C22H22N2O3S2/c1-15-10-11-16(2)21(12-15)29(26,27)24-19-8-4-6-17(13-19)22(25)23-18-7-5-9-20(14-18)28-3/h4-14,24H,1-3H3,(H,23,25). The predicted molar refractivity (Wildman–Crippen MR) is 119 cm³/mol. The van der Waals surface area contributed by atoms with E-state index in [2.05, 4.69) is 10.0 Å². The highest BCUT2D eigenvalue weighted by atomic mass is 32.2. The smallest absolute Gasteiger partial charge is 0.262 e. The minimum Gasteiger partial charge on any atom is -0.322 e. The van der Waals surface area contributed by atoms with Crippen LogP contribution in [0.4, 0.5) is 11.4 Å². The Balaban J connectivity index is 1.81. The van der Waals surface area contributed by atoms with Gasteiger partial charge in [-0.1, -0.05) is 24.3 Å². The Hall–Kier alpha value is -2.77. The van der Waals surface area contributed by atoms with Gasteiger partial charge in [-0.3, -0.25) is 9.52 Å². The molecule has 0 aliphatic rings. The molecule has 0 saturated carbocycles. The minimum atomic E-state index is -3.76. The first-order valence-electron chi connectivity index (χ1n) is 8.94. The predicted octanol–water partition coefficient (Wildman–Crippen LogP) is 5.08. The number of sulfonamides is 1. The summed E-state index contributed by atoms with van der Waals surface area (Å²) in [5.41, 5.74) is 2.89. The van der Waals surface area contributed by atoms with E-state index < -0.39 is 10.0 Å². The third-order valence-electron chi connectivity index (χ3n) is 4.34. The summed E-state index contributed by atoms with van der Waals surface area (Å²) < 4.78 is 28.2. The number of hydrogen-bond acceptors (Lipinski definition) is 4. The van der Waals surface area contributed by atoms with Crippen molar-refractivity contribution in [3.63, 3.8) is 0 Å². The molecule has 0 heterocycles. The van der Waals surface area contributed by atoms with E-state index in [1.165, 1.54) is 6.07 Å². The summed E-state index contributed by atoms with van der Waals surface area (Å²) in [7, 11) is -3.76. The van der Waals surface area contributed by atoms with Gasteiger partial charge in [-0.15, -0.1) is 11.8 Å². The molecule has 5 nitrogen and oxygen atoms in total. The Morgan fingerprint density at radius 2 is 1.62 bits per heavy atom. The van der Waals surface area contributed by atoms with E-state index >= 15 is 0 Å². The lowest BCUT2D eigenvalue weighted by molar-refractivity contribution is 0.102. The first kappa shape index (κ1) is 21.0. The number of carbonyl (C=O) groups excluding carboxylic acids is 1. The van der Waals surface area contributed by atoms with Crippen molar-refractivity contribution in [2.24, 2.45) is 0 Å². The average molecular weight is 427 g/mol. The molecule has 0 saturated heterocycles. The number of amides is 1. The summed E-state index contributed by atoms with van der Waals surface area (Å²) in [4.78, 5) is 13.9. The van der Waals surface area contributed by atoms with Crippen LogP contribution >= 0.6 is 11.8 Å².